The summed E-state index contributed by atoms with van der Waals surface area (Å²) in [6.07, 6.45) is 3.36. The predicted molar refractivity (Wildman–Crippen MR) is 90.5 cm³/mol. The zero-order chi connectivity index (χ0) is 16.4. The molecule has 1 aromatic rings. The quantitative estimate of drug-likeness (QED) is 0.882. The highest BCUT2D eigenvalue weighted by molar-refractivity contribution is 7.88. The van der Waals surface area contributed by atoms with E-state index >= 15 is 0 Å². The van der Waals surface area contributed by atoms with Gasteiger partial charge in [0.2, 0.25) is 10.0 Å². The second-order valence-corrected chi connectivity index (χ2v) is 8.73. The van der Waals surface area contributed by atoms with Crippen molar-refractivity contribution in [2.45, 2.75) is 49.6 Å². The van der Waals surface area contributed by atoms with E-state index in [0.717, 1.165) is 31.5 Å². The molecule has 1 aliphatic heterocycles. The van der Waals surface area contributed by atoms with Gasteiger partial charge in [-0.1, -0.05) is 30.3 Å². The van der Waals surface area contributed by atoms with Crippen molar-refractivity contribution in [2.75, 3.05) is 20.1 Å². The lowest BCUT2D eigenvalue weighted by Gasteiger charge is -2.31. The molecule has 2 fully saturated rings. The third kappa shape index (κ3) is 3.60. The minimum atomic E-state index is -3.42. The number of rotatable bonds is 5. The lowest BCUT2D eigenvalue weighted by atomic mass is 10.1. The van der Waals surface area contributed by atoms with E-state index < -0.39 is 16.1 Å². The lowest BCUT2D eigenvalue weighted by molar-refractivity contribution is 0.0535. The highest BCUT2D eigenvalue weighted by atomic mass is 32.2. The first kappa shape index (κ1) is 16.9. The summed E-state index contributed by atoms with van der Waals surface area (Å²) in [5.41, 5.74) is 0.780. The molecule has 0 bridgehead atoms. The van der Waals surface area contributed by atoms with Gasteiger partial charge in [0.05, 0.1) is 17.9 Å². The monoisotopic (exact) mass is 338 g/mol. The Morgan fingerprint density at radius 1 is 1.17 bits per heavy atom. The van der Waals surface area contributed by atoms with Crippen LogP contribution in [-0.4, -0.2) is 61.1 Å². The molecule has 0 unspecified atom stereocenters. The van der Waals surface area contributed by atoms with Crippen molar-refractivity contribution in [3.8, 4) is 0 Å². The Balaban J connectivity index is 1.68. The number of sulfonamides is 1. The van der Waals surface area contributed by atoms with Crippen molar-refractivity contribution in [3.05, 3.63) is 35.9 Å². The maximum absolute atomic E-state index is 12.7. The van der Waals surface area contributed by atoms with Gasteiger partial charge in [-0.05, 0) is 44.3 Å². The molecule has 6 heteroatoms. The van der Waals surface area contributed by atoms with Crippen LogP contribution >= 0.6 is 0 Å². The molecule has 3 atom stereocenters. The van der Waals surface area contributed by atoms with E-state index in [2.05, 4.69) is 4.90 Å². The van der Waals surface area contributed by atoms with Crippen LogP contribution in [0.3, 0.4) is 0 Å². The Morgan fingerprint density at radius 3 is 2.48 bits per heavy atom. The maximum atomic E-state index is 12.7. The molecule has 3 rings (SSSR count). The van der Waals surface area contributed by atoms with Gasteiger partial charge in [-0.25, -0.2) is 8.42 Å². The summed E-state index contributed by atoms with van der Waals surface area (Å²) in [5, 5.41) is 10.7. The standard InChI is InChI=1S/C17H26N2O3S/c1-18(23(21,22)13-14-7-3-2-4-8-14)15-9-10-16(17(15)20)19-11-5-6-12-19/h2-4,7-8,15-17,20H,5-6,9-13H2,1H3/t15-,16-,17-/m1/s1. The average molecular weight is 338 g/mol. The fourth-order valence-corrected chi connectivity index (χ4v) is 5.36. The van der Waals surface area contributed by atoms with Crippen LogP contribution in [0.15, 0.2) is 30.3 Å². The molecule has 1 saturated carbocycles. The van der Waals surface area contributed by atoms with Crippen LogP contribution in [0, 0.1) is 0 Å². The van der Waals surface area contributed by atoms with Crippen LogP contribution in [0.4, 0.5) is 0 Å². The Kier molecular flexibility index (Phi) is 5.06. The highest BCUT2D eigenvalue weighted by Gasteiger charge is 2.43. The van der Waals surface area contributed by atoms with Crippen LogP contribution in [-0.2, 0) is 15.8 Å². The number of nitrogens with zero attached hydrogens (tertiary/aromatic N) is 2. The molecule has 23 heavy (non-hydrogen) atoms. The number of likely N-dealkylation sites (tertiary alicyclic amines) is 1. The number of likely N-dealkylation sites (N-methyl/N-ethyl adjacent to an activating group) is 1. The molecule has 0 aromatic heterocycles. The van der Waals surface area contributed by atoms with E-state index in [1.54, 1.807) is 7.05 Å². The van der Waals surface area contributed by atoms with Crippen LogP contribution in [0.2, 0.25) is 0 Å². The van der Waals surface area contributed by atoms with Crippen molar-refractivity contribution >= 4 is 10.0 Å². The Morgan fingerprint density at radius 2 is 1.83 bits per heavy atom. The zero-order valence-electron chi connectivity index (χ0n) is 13.6. The van der Waals surface area contributed by atoms with Crippen LogP contribution < -0.4 is 0 Å². The van der Waals surface area contributed by atoms with E-state index in [-0.39, 0.29) is 17.8 Å². The summed E-state index contributed by atoms with van der Waals surface area (Å²) in [4.78, 5) is 2.32. The van der Waals surface area contributed by atoms with Gasteiger partial charge >= 0.3 is 0 Å². The number of hydrogen-bond acceptors (Lipinski definition) is 4. The van der Waals surface area contributed by atoms with Crippen LogP contribution in [0.5, 0.6) is 0 Å². The first-order valence-electron chi connectivity index (χ1n) is 8.41. The molecule has 1 N–H and O–H groups in total. The summed E-state index contributed by atoms with van der Waals surface area (Å²) in [6, 6.07) is 9.01. The summed E-state index contributed by atoms with van der Waals surface area (Å²) in [5.74, 6) is -0.0120. The molecule has 0 amide bonds. The molecule has 1 aromatic carbocycles. The topological polar surface area (TPSA) is 60.9 Å². The molecule has 0 spiro atoms. The number of hydrogen-bond donors (Lipinski definition) is 1. The number of aliphatic hydroxyl groups is 1. The Labute approximate surface area is 139 Å². The van der Waals surface area contributed by atoms with Gasteiger partial charge in [0, 0.05) is 13.1 Å². The second-order valence-electron chi connectivity index (χ2n) is 6.70. The zero-order valence-corrected chi connectivity index (χ0v) is 14.5. The van der Waals surface area contributed by atoms with Crippen molar-refractivity contribution in [2.24, 2.45) is 0 Å². The molecular formula is C17H26N2O3S. The SMILES string of the molecule is CN([C@@H]1CC[C@@H](N2CCCC2)[C@@H]1O)S(=O)(=O)Cc1ccccc1. The van der Waals surface area contributed by atoms with E-state index in [0.29, 0.717) is 0 Å². The summed E-state index contributed by atoms with van der Waals surface area (Å²) >= 11 is 0. The molecule has 0 radical (unpaired) electrons. The third-order valence-corrected chi connectivity index (χ3v) is 7.10. The molecule has 128 valence electrons. The smallest absolute Gasteiger partial charge is 0.218 e. The molecule has 1 aliphatic carbocycles. The normalized spacial score (nSPS) is 29.4. The fraction of sp³-hybridized carbons (Fsp3) is 0.647. The average Bonchev–Trinajstić information content (AvgIpc) is 3.16. The number of aliphatic hydroxyl groups excluding tert-OH is 1. The van der Waals surface area contributed by atoms with Gasteiger partial charge in [0.1, 0.15) is 0 Å². The fourth-order valence-electron chi connectivity index (χ4n) is 3.90. The summed E-state index contributed by atoms with van der Waals surface area (Å²) < 4.78 is 26.7. The highest BCUT2D eigenvalue weighted by Crippen LogP contribution is 2.31. The van der Waals surface area contributed by atoms with Gasteiger partial charge in [0.25, 0.3) is 0 Å². The van der Waals surface area contributed by atoms with Crippen molar-refractivity contribution in [1.29, 1.82) is 0 Å². The predicted octanol–water partition coefficient (Wildman–Crippen LogP) is 1.44. The van der Waals surface area contributed by atoms with E-state index in [9.17, 15) is 13.5 Å². The second kappa shape index (κ2) is 6.89. The van der Waals surface area contributed by atoms with Crippen LogP contribution in [0.25, 0.3) is 0 Å². The molecule has 1 saturated heterocycles. The summed E-state index contributed by atoms with van der Waals surface area (Å²) in [7, 11) is -1.81. The van der Waals surface area contributed by atoms with Gasteiger partial charge in [-0.2, -0.15) is 4.31 Å². The Hall–Kier alpha value is -0.950. The van der Waals surface area contributed by atoms with Gasteiger partial charge in [-0.3, -0.25) is 4.90 Å². The Bertz CT molecular complexity index is 614. The first-order chi connectivity index (χ1) is 11.0. The molecule has 1 heterocycles. The third-order valence-electron chi connectivity index (χ3n) is 5.25. The van der Waals surface area contributed by atoms with Gasteiger partial charge in [-0.15, -0.1) is 0 Å². The number of benzene rings is 1. The van der Waals surface area contributed by atoms with E-state index in [4.69, 9.17) is 0 Å². The maximum Gasteiger partial charge on any atom is 0.218 e. The lowest BCUT2D eigenvalue weighted by Crippen LogP contribution is -2.48. The van der Waals surface area contributed by atoms with Gasteiger partial charge in [0.15, 0.2) is 0 Å². The van der Waals surface area contributed by atoms with Crippen molar-refractivity contribution < 1.29 is 13.5 Å². The van der Waals surface area contributed by atoms with E-state index in [1.165, 1.54) is 17.1 Å². The summed E-state index contributed by atoms with van der Waals surface area (Å²) in [6.45, 7) is 2.05. The van der Waals surface area contributed by atoms with Crippen molar-refractivity contribution in [3.63, 3.8) is 0 Å². The largest absolute Gasteiger partial charge is 0.390 e. The minimum Gasteiger partial charge on any atom is -0.390 e. The van der Waals surface area contributed by atoms with Crippen molar-refractivity contribution in [1.82, 2.24) is 9.21 Å². The van der Waals surface area contributed by atoms with Crippen LogP contribution in [0.1, 0.15) is 31.2 Å². The van der Waals surface area contributed by atoms with Gasteiger partial charge < -0.3 is 5.11 Å². The first-order valence-corrected chi connectivity index (χ1v) is 10.0. The molecular weight excluding hydrogens is 312 g/mol. The molecule has 5 nitrogen and oxygen atoms in total. The van der Waals surface area contributed by atoms with E-state index in [1.807, 2.05) is 30.3 Å². The minimum absolute atomic E-state index is 0.0120. The molecule has 2 aliphatic rings.